The average Bonchev–Trinajstić information content (AvgIpc) is 2.92. The zero-order valence-corrected chi connectivity index (χ0v) is 22.3. The summed E-state index contributed by atoms with van der Waals surface area (Å²) in [5.74, 6) is -0.408. The number of carbonyl (C=O) groups is 2. The Morgan fingerprint density at radius 2 is 1.54 bits per heavy atom. The number of primary amides is 1. The molecular formula is C30H35ClN4O2. The summed E-state index contributed by atoms with van der Waals surface area (Å²) >= 11 is 6.04. The summed E-state index contributed by atoms with van der Waals surface area (Å²) in [6.45, 7) is 8.14. The van der Waals surface area contributed by atoms with Crippen LogP contribution in [0.15, 0.2) is 72.8 Å². The molecule has 1 aliphatic heterocycles. The highest BCUT2D eigenvalue weighted by atomic mass is 35.5. The molecule has 0 radical (unpaired) electrons. The van der Waals surface area contributed by atoms with E-state index < -0.39 is 5.91 Å². The molecule has 0 spiro atoms. The van der Waals surface area contributed by atoms with Crippen molar-refractivity contribution in [2.24, 2.45) is 5.73 Å². The van der Waals surface area contributed by atoms with Crippen molar-refractivity contribution in [3.05, 3.63) is 94.5 Å². The molecule has 3 aromatic rings. The largest absolute Gasteiger partial charge is 0.366 e. The summed E-state index contributed by atoms with van der Waals surface area (Å²) in [4.78, 5) is 31.3. The van der Waals surface area contributed by atoms with Crippen LogP contribution in [0, 0.1) is 0 Å². The zero-order valence-electron chi connectivity index (χ0n) is 21.6. The summed E-state index contributed by atoms with van der Waals surface area (Å²) in [5.41, 5.74) is 9.93. The van der Waals surface area contributed by atoms with Gasteiger partial charge in [0.25, 0.3) is 5.91 Å². The lowest BCUT2D eigenvalue weighted by atomic mass is 9.99. The van der Waals surface area contributed by atoms with E-state index in [0.29, 0.717) is 24.2 Å². The van der Waals surface area contributed by atoms with E-state index >= 15 is 0 Å². The van der Waals surface area contributed by atoms with Gasteiger partial charge in [0.05, 0.1) is 0 Å². The topological polar surface area (TPSA) is 69.9 Å². The Morgan fingerprint density at radius 1 is 0.892 bits per heavy atom. The molecule has 1 saturated heterocycles. The molecule has 37 heavy (non-hydrogen) atoms. The number of nitrogens with zero attached hydrogens (tertiary/aromatic N) is 3. The van der Waals surface area contributed by atoms with Crippen LogP contribution in [0.3, 0.4) is 0 Å². The molecule has 1 aliphatic rings. The first-order valence-corrected chi connectivity index (χ1v) is 13.3. The predicted molar refractivity (Wildman–Crippen MR) is 151 cm³/mol. The number of amides is 2. The van der Waals surface area contributed by atoms with Crippen molar-refractivity contribution in [2.75, 3.05) is 31.1 Å². The van der Waals surface area contributed by atoms with Gasteiger partial charge in [0.1, 0.15) is 0 Å². The molecule has 0 bridgehead atoms. The van der Waals surface area contributed by atoms with Crippen LogP contribution in [0.25, 0.3) is 0 Å². The summed E-state index contributed by atoms with van der Waals surface area (Å²) in [6.07, 6.45) is 1.93. The van der Waals surface area contributed by atoms with E-state index in [1.165, 1.54) is 5.56 Å². The van der Waals surface area contributed by atoms with Gasteiger partial charge >= 0.3 is 0 Å². The van der Waals surface area contributed by atoms with Crippen LogP contribution in [0.2, 0.25) is 5.02 Å². The molecule has 2 N–H and O–H groups in total. The molecule has 3 aromatic carbocycles. The molecule has 0 aromatic heterocycles. The van der Waals surface area contributed by atoms with Gasteiger partial charge in [0.15, 0.2) is 0 Å². The SMILES string of the molecule is CCN(CC)C(=O)c1ccc(N(c2cccc(C(N)=O)c2)C2CCN(Cc3ccc(Cl)cc3)CC2)cc1. The normalized spacial score (nSPS) is 14.4. The molecule has 0 saturated carbocycles. The molecule has 0 atom stereocenters. The Morgan fingerprint density at radius 3 is 2.14 bits per heavy atom. The van der Waals surface area contributed by atoms with Crippen molar-refractivity contribution in [2.45, 2.75) is 39.3 Å². The van der Waals surface area contributed by atoms with Gasteiger partial charge in [-0.3, -0.25) is 14.5 Å². The third-order valence-electron chi connectivity index (χ3n) is 7.09. The van der Waals surface area contributed by atoms with Crippen molar-refractivity contribution in [1.82, 2.24) is 9.80 Å². The van der Waals surface area contributed by atoms with E-state index in [9.17, 15) is 9.59 Å². The fraction of sp³-hybridized carbons (Fsp3) is 0.333. The van der Waals surface area contributed by atoms with E-state index in [0.717, 1.165) is 48.9 Å². The highest BCUT2D eigenvalue weighted by molar-refractivity contribution is 6.30. The summed E-state index contributed by atoms with van der Waals surface area (Å²) < 4.78 is 0. The third kappa shape index (κ3) is 6.51. The number of halogens is 1. The van der Waals surface area contributed by atoms with Gasteiger partial charge in [-0.1, -0.05) is 29.8 Å². The number of anilines is 2. The maximum Gasteiger partial charge on any atom is 0.253 e. The van der Waals surface area contributed by atoms with Gasteiger partial charge < -0.3 is 15.5 Å². The Bertz CT molecular complexity index is 1200. The van der Waals surface area contributed by atoms with Gasteiger partial charge in [-0.2, -0.15) is 0 Å². The number of nitrogens with two attached hydrogens (primary N) is 1. The molecule has 7 heteroatoms. The number of carbonyl (C=O) groups excluding carboxylic acids is 2. The minimum Gasteiger partial charge on any atom is -0.366 e. The van der Waals surface area contributed by atoms with Gasteiger partial charge in [0.2, 0.25) is 5.91 Å². The number of hydrogen-bond donors (Lipinski definition) is 1. The first-order chi connectivity index (χ1) is 17.9. The van der Waals surface area contributed by atoms with Crippen LogP contribution in [0.1, 0.15) is 53.0 Å². The van der Waals surface area contributed by atoms with E-state index in [1.54, 1.807) is 6.07 Å². The lowest BCUT2D eigenvalue weighted by molar-refractivity contribution is 0.0772. The van der Waals surface area contributed by atoms with Gasteiger partial charge in [-0.25, -0.2) is 0 Å². The van der Waals surface area contributed by atoms with Gasteiger partial charge in [0, 0.05) is 66.3 Å². The molecule has 6 nitrogen and oxygen atoms in total. The van der Waals surface area contributed by atoms with Crippen LogP contribution < -0.4 is 10.6 Å². The van der Waals surface area contributed by atoms with Crippen LogP contribution in [0.5, 0.6) is 0 Å². The van der Waals surface area contributed by atoms with Crippen LogP contribution in [0.4, 0.5) is 11.4 Å². The van der Waals surface area contributed by atoms with E-state index in [2.05, 4.69) is 21.9 Å². The van der Waals surface area contributed by atoms with E-state index in [1.807, 2.05) is 73.3 Å². The maximum atomic E-state index is 12.8. The quantitative estimate of drug-likeness (QED) is 0.393. The highest BCUT2D eigenvalue weighted by Gasteiger charge is 2.27. The van der Waals surface area contributed by atoms with Crippen LogP contribution in [-0.4, -0.2) is 53.8 Å². The van der Waals surface area contributed by atoms with Crippen LogP contribution in [-0.2, 0) is 6.54 Å². The van der Waals surface area contributed by atoms with E-state index in [4.69, 9.17) is 17.3 Å². The van der Waals surface area contributed by atoms with Gasteiger partial charge in [-0.15, -0.1) is 0 Å². The Kier molecular flexibility index (Phi) is 8.85. The monoisotopic (exact) mass is 518 g/mol. The predicted octanol–water partition coefficient (Wildman–Crippen LogP) is 5.72. The number of hydrogen-bond acceptors (Lipinski definition) is 4. The van der Waals surface area contributed by atoms with Crippen molar-refractivity contribution in [3.8, 4) is 0 Å². The van der Waals surface area contributed by atoms with E-state index in [-0.39, 0.29) is 11.9 Å². The summed E-state index contributed by atoms with van der Waals surface area (Å²) in [5, 5.41) is 0.751. The third-order valence-corrected chi connectivity index (χ3v) is 7.35. The first-order valence-electron chi connectivity index (χ1n) is 12.9. The fourth-order valence-corrected chi connectivity index (χ4v) is 5.15. The maximum absolute atomic E-state index is 12.8. The van der Waals surface area contributed by atoms with Crippen molar-refractivity contribution in [3.63, 3.8) is 0 Å². The number of rotatable bonds is 9. The highest BCUT2D eigenvalue weighted by Crippen LogP contribution is 2.33. The zero-order chi connectivity index (χ0) is 26.4. The number of benzene rings is 3. The standard InChI is InChI=1S/C30H35ClN4O2/c1-3-34(4-2)30(37)23-10-14-26(15-11-23)35(28-7-5-6-24(20-28)29(32)36)27-16-18-33(19-17-27)21-22-8-12-25(31)13-9-22/h5-15,20,27H,3-4,16-19,21H2,1-2H3,(H2,32,36). The molecule has 0 unspecified atom stereocenters. The molecule has 1 heterocycles. The minimum absolute atomic E-state index is 0.0364. The molecule has 0 aliphatic carbocycles. The summed E-state index contributed by atoms with van der Waals surface area (Å²) in [7, 11) is 0. The van der Waals surface area contributed by atoms with Crippen LogP contribution >= 0.6 is 11.6 Å². The van der Waals surface area contributed by atoms with Crippen molar-refractivity contribution in [1.29, 1.82) is 0 Å². The second-order valence-corrected chi connectivity index (χ2v) is 9.88. The van der Waals surface area contributed by atoms with Crippen molar-refractivity contribution >= 4 is 34.8 Å². The smallest absolute Gasteiger partial charge is 0.253 e. The van der Waals surface area contributed by atoms with Crippen molar-refractivity contribution < 1.29 is 9.59 Å². The lowest BCUT2D eigenvalue weighted by Gasteiger charge is -2.40. The number of likely N-dealkylation sites (tertiary alicyclic amines) is 1. The first kappa shape index (κ1) is 26.7. The Labute approximate surface area is 224 Å². The molecular weight excluding hydrogens is 484 g/mol. The minimum atomic E-state index is -0.445. The number of piperidine rings is 1. The average molecular weight is 519 g/mol. The second kappa shape index (κ2) is 12.3. The molecule has 4 rings (SSSR count). The fourth-order valence-electron chi connectivity index (χ4n) is 5.02. The Hall–Kier alpha value is -3.35. The van der Waals surface area contributed by atoms with Gasteiger partial charge in [-0.05, 0) is 86.8 Å². The molecule has 1 fully saturated rings. The molecule has 2 amide bonds. The Balaban J connectivity index is 1.56. The molecule has 194 valence electrons. The lowest BCUT2D eigenvalue weighted by Crippen LogP contribution is -2.43. The summed E-state index contributed by atoms with van der Waals surface area (Å²) in [6, 6.07) is 23.6. The second-order valence-electron chi connectivity index (χ2n) is 9.44.